The van der Waals surface area contributed by atoms with Crippen LogP contribution in [0.3, 0.4) is 0 Å². The summed E-state index contributed by atoms with van der Waals surface area (Å²) in [6.45, 7) is 2.17. The predicted octanol–water partition coefficient (Wildman–Crippen LogP) is -0.266. The fraction of sp³-hybridized carbons (Fsp3) is 0.357. The predicted molar refractivity (Wildman–Crippen MR) is 80.2 cm³/mol. The van der Waals surface area contributed by atoms with Crippen LogP contribution in [-0.4, -0.2) is 59.5 Å². The van der Waals surface area contributed by atoms with Crippen LogP contribution in [0.4, 0.5) is 5.82 Å². The molecule has 2 aromatic heterocycles. The summed E-state index contributed by atoms with van der Waals surface area (Å²) in [6.07, 6.45) is 1.57. The number of rotatable bonds is 3. The molecule has 8 nitrogen and oxygen atoms in total. The molecule has 0 radical (unpaired) electrons. The zero-order valence-corrected chi connectivity index (χ0v) is 12.0. The highest BCUT2D eigenvalue weighted by molar-refractivity contribution is 5.99. The lowest BCUT2D eigenvalue weighted by molar-refractivity contribution is -0.134. The van der Waals surface area contributed by atoms with Crippen LogP contribution in [0.5, 0.6) is 0 Å². The third kappa shape index (κ3) is 3.01. The van der Waals surface area contributed by atoms with E-state index < -0.39 is 0 Å². The number of H-pyrrole nitrogens is 1. The topological polar surface area (TPSA) is 113 Å². The fourth-order valence-electron chi connectivity index (χ4n) is 2.35. The molecule has 0 aliphatic carbocycles. The van der Waals surface area contributed by atoms with Crippen LogP contribution in [0.15, 0.2) is 18.3 Å². The van der Waals surface area contributed by atoms with Gasteiger partial charge in [0.15, 0.2) is 0 Å². The standard InChI is InChI=1S/C14H17N5O3/c15-12-6-9-5-10(18-11(9)7-16-12)14(21)17-8-13(20)19-1-3-22-4-2-19/h5-7,18H,1-4,8H2,(H2,15,16)(H,17,21). The first-order valence-electron chi connectivity index (χ1n) is 7.01. The Balaban J connectivity index is 1.61. The van der Waals surface area contributed by atoms with E-state index >= 15 is 0 Å². The van der Waals surface area contributed by atoms with Gasteiger partial charge in [-0.05, 0) is 12.1 Å². The summed E-state index contributed by atoms with van der Waals surface area (Å²) in [5, 5.41) is 3.42. The number of nitrogens with one attached hydrogen (secondary N) is 2. The van der Waals surface area contributed by atoms with Gasteiger partial charge in [0.1, 0.15) is 11.5 Å². The SMILES string of the molecule is Nc1cc2cc(C(=O)NCC(=O)N3CCOCC3)[nH]c2cn1. The maximum atomic E-state index is 12.1. The van der Waals surface area contributed by atoms with Crippen molar-refractivity contribution in [1.29, 1.82) is 0 Å². The van der Waals surface area contributed by atoms with E-state index in [0.29, 0.717) is 37.8 Å². The highest BCUT2D eigenvalue weighted by Crippen LogP contribution is 2.16. The molecule has 3 heterocycles. The number of aromatic nitrogens is 2. The first-order chi connectivity index (χ1) is 10.6. The van der Waals surface area contributed by atoms with Crippen LogP contribution in [0.25, 0.3) is 10.9 Å². The number of carbonyl (C=O) groups excluding carboxylic acids is 2. The molecule has 8 heteroatoms. The Hall–Kier alpha value is -2.61. The number of pyridine rings is 1. The maximum absolute atomic E-state index is 12.1. The summed E-state index contributed by atoms with van der Waals surface area (Å²) < 4.78 is 5.19. The molecule has 22 heavy (non-hydrogen) atoms. The van der Waals surface area contributed by atoms with Gasteiger partial charge in [0.2, 0.25) is 5.91 Å². The van der Waals surface area contributed by atoms with Crippen molar-refractivity contribution in [1.82, 2.24) is 20.2 Å². The van der Waals surface area contributed by atoms with E-state index in [1.165, 1.54) is 0 Å². The molecule has 2 aromatic rings. The quantitative estimate of drug-likeness (QED) is 0.722. The minimum atomic E-state index is -0.337. The first-order valence-corrected chi connectivity index (χ1v) is 7.01. The number of ether oxygens (including phenoxy) is 1. The number of nitrogens with zero attached hydrogens (tertiary/aromatic N) is 2. The van der Waals surface area contributed by atoms with E-state index in [0.717, 1.165) is 10.9 Å². The van der Waals surface area contributed by atoms with E-state index in [9.17, 15) is 9.59 Å². The third-order valence-corrected chi connectivity index (χ3v) is 3.53. The number of carbonyl (C=O) groups is 2. The van der Waals surface area contributed by atoms with Crippen LogP contribution >= 0.6 is 0 Å². The Kier molecular flexibility index (Phi) is 3.92. The second-order valence-corrected chi connectivity index (χ2v) is 5.06. The lowest BCUT2D eigenvalue weighted by atomic mass is 10.3. The highest BCUT2D eigenvalue weighted by atomic mass is 16.5. The molecule has 116 valence electrons. The lowest BCUT2D eigenvalue weighted by Crippen LogP contribution is -2.45. The number of anilines is 1. The summed E-state index contributed by atoms with van der Waals surface area (Å²) in [5.74, 6) is -0.0593. The Labute approximate surface area is 126 Å². The number of hydrogen-bond donors (Lipinski definition) is 3. The molecule has 0 spiro atoms. The highest BCUT2D eigenvalue weighted by Gasteiger charge is 2.18. The second-order valence-electron chi connectivity index (χ2n) is 5.06. The molecular formula is C14H17N5O3. The van der Waals surface area contributed by atoms with Crippen molar-refractivity contribution >= 4 is 28.5 Å². The van der Waals surface area contributed by atoms with Gasteiger partial charge < -0.3 is 25.7 Å². The number of hydrogen-bond acceptors (Lipinski definition) is 5. The Bertz CT molecular complexity index is 706. The van der Waals surface area contributed by atoms with E-state index in [1.807, 2.05) is 0 Å². The lowest BCUT2D eigenvalue weighted by Gasteiger charge is -2.26. The van der Waals surface area contributed by atoms with Crippen LogP contribution < -0.4 is 11.1 Å². The Morgan fingerprint density at radius 1 is 1.36 bits per heavy atom. The van der Waals surface area contributed by atoms with Crippen molar-refractivity contribution < 1.29 is 14.3 Å². The van der Waals surface area contributed by atoms with Gasteiger partial charge in [-0.15, -0.1) is 0 Å². The summed E-state index contributed by atoms with van der Waals surface area (Å²) in [7, 11) is 0. The van der Waals surface area contributed by atoms with E-state index in [1.54, 1.807) is 23.2 Å². The van der Waals surface area contributed by atoms with Gasteiger partial charge in [-0.25, -0.2) is 4.98 Å². The van der Waals surface area contributed by atoms with Gasteiger partial charge in [0, 0.05) is 18.5 Å². The number of aromatic amines is 1. The van der Waals surface area contributed by atoms with Crippen molar-refractivity contribution in [3.8, 4) is 0 Å². The number of amides is 2. The summed E-state index contributed by atoms with van der Waals surface area (Å²) >= 11 is 0. The van der Waals surface area contributed by atoms with Gasteiger partial charge in [-0.1, -0.05) is 0 Å². The molecular weight excluding hydrogens is 286 g/mol. The summed E-state index contributed by atoms with van der Waals surface area (Å²) in [6, 6.07) is 3.36. The number of morpholine rings is 1. The minimum Gasteiger partial charge on any atom is -0.384 e. The van der Waals surface area contributed by atoms with Crippen LogP contribution in [-0.2, 0) is 9.53 Å². The van der Waals surface area contributed by atoms with E-state index in [-0.39, 0.29) is 18.4 Å². The minimum absolute atomic E-state index is 0.0331. The fourth-order valence-corrected chi connectivity index (χ4v) is 2.35. The Morgan fingerprint density at radius 2 is 2.14 bits per heavy atom. The number of nitrogens with two attached hydrogens (primary N) is 1. The molecule has 0 saturated carbocycles. The average molecular weight is 303 g/mol. The zero-order chi connectivity index (χ0) is 15.5. The molecule has 0 atom stereocenters. The maximum Gasteiger partial charge on any atom is 0.268 e. The van der Waals surface area contributed by atoms with Crippen molar-refractivity contribution in [2.75, 3.05) is 38.6 Å². The second kappa shape index (κ2) is 6.02. The van der Waals surface area contributed by atoms with Gasteiger partial charge in [0.05, 0.1) is 31.5 Å². The largest absolute Gasteiger partial charge is 0.384 e. The van der Waals surface area contributed by atoms with Crippen LogP contribution in [0.2, 0.25) is 0 Å². The number of fused-ring (bicyclic) bond motifs is 1. The van der Waals surface area contributed by atoms with Crippen molar-refractivity contribution in [3.63, 3.8) is 0 Å². The Morgan fingerprint density at radius 3 is 2.91 bits per heavy atom. The van der Waals surface area contributed by atoms with Crippen LogP contribution in [0.1, 0.15) is 10.5 Å². The molecule has 1 fully saturated rings. The van der Waals surface area contributed by atoms with Gasteiger partial charge in [0.25, 0.3) is 5.91 Å². The van der Waals surface area contributed by atoms with Crippen molar-refractivity contribution in [2.24, 2.45) is 0 Å². The zero-order valence-electron chi connectivity index (χ0n) is 12.0. The molecule has 3 rings (SSSR count). The normalized spacial score (nSPS) is 15.0. The van der Waals surface area contributed by atoms with Gasteiger partial charge in [-0.3, -0.25) is 9.59 Å². The van der Waals surface area contributed by atoms with Gasteiger partial charge in [-0.2, -0.15) is 0 Å². The number of nitrogen functional groups attached to an aromatic ring is 1. The third-order valence-electron chi connectivity index (χ3n) is 3.53. The smallest absolute Gasteiger partial charge is 0.268 e. The van der Waals surface area contributed by atoms with Crippen molar-refractivity contribution in [3.05, 3.63) is 24.0 Å². The van der Waals surface area contributed by atoms with E-state index in [4.69, 9.17) is 10.5 Å². The molecule has 1 aliphatic heterocycles. The molecule has 1 saturated heterocycles. The molecule has 0 bridgehead atoms. The molecule has 0 unspecified atom stereocenters. The molecule has 0 aromatic carbocycles. The molecule has 4 N–H and O–H groups in total. The average Bonchev–Trinajstić information content (AvgIpc) is 2.96. The molecule has 2 amide bonds. The van der Waals surface area contributed by atoms with E-state index in [2.05, 4.69) is 15.3 Å². The van der Waals surface area contributed by atoms with Crippen molar-refractivity contribution in [2.45, 2.75) is 0 Å². The molecule has 1 aliphatic rings. The summed E-state index contributed by atoms with van der Waals surface area (Å²) in [5.41, 5.74) is 6.70. The van der Waals surface area contributed by atoms with Crippen LogP contribution in [0, 0.1) is 0 Å². The summed E-state index contributed by atoms with van der Waals surface area (Å²) in [4.78, 5) is 32.7. The first kappa shape index (κ1) is 14.3. The monoisotopic (exact) mass is 303 g/mol. The van der Waals surface area contributed by atoms with Gasteiger partial charge >= 0.3 is 0 Å².